The number of hydrogen-bond acceptors (Lipinski definition) is 6. The molecule has 7 nitrogen and oxygen atoms in total. The Morgan fingerprint density at radius 1 is 1.26 bits per heavy atom. The Bertz CT molecular complexity index is 756. The van der Waals surface area contributed by atoms with E-state index in [2.05, 4.69) is 15.5 Å². The van der Waals surface area contributed by atoms with Gasteiger partial charge in [-0.25, -0.2) is 0 Å². The summed E-state index contributed by atoms with van der Waals surface area (Å²) in [5.41, 5.74) is 0.416. The van der Waals surface area contributed by atoms with Crippen molar-refractivity contribution < 1.29 is 22.9 Å². The van der Waals surface area contributed by atoms with Crippen LogP contribution in [-0.2, 0) is 11.0 Å². The topological polar surface area (TPSA) is 98.0 Å². The zero-order chi connectivity index (χ0) is 17.0. The van der Waals surface area contributed by atoms with Crippen molar-refractivity contribution in [3.63, 3.8) is 0 Å². The number of amides is 1. The number of halogens is 3. The van der Waals surface area contributed by atoms with E-state index < -0.39 is 22.0 Å². The average Bonchev–Trinajstić information content (AvgIpc) is 2.94. The first-order valence-electron chi connectivity index (χ1n) is 5.90. The first-order valence-corrected chi connectivity index (χ1v) is 6.71. The smallest absolute Gasteiger partial charge is 0.297 e. The maximum atomic E-state index is 12.3. The normalized spacial score (nSPS) is 11.6. The predicted molar refractivity (Wildman–Crippen MR) is 75.7 cm³/mol. The van der Waals surface area contributed by atoms with Gasteiger partial charge in [0.25, 0.3) is 5.69 Å². The molecule has 0 saturated heterocycles. The molecular formula is C12H7F3N4O3S. The summed E-state index contributed by atoms with van der Waals surface area (Å²) in [5.74, 6) is -0.701. The minimum atomic E-state index is -4.62. The molecule has 0 aliphatic carbocycles. The molecule has 1 aromatic heterocycles. The van der Waals surface area contributed by atoms with Crippen LogP contribution < -0.4 is 5.32 Å². The Kier molecular flexibility index (Phi) is 4.69. The molecule has 1 heterocycles. The third-order valence-corrected chi connectivity index (χ3v) is 3.31. The first-order chi connectivity index (χ1) is 10.8. The van der Waals surface area contributed by atoms with Crippen LogP contribution in [0.1, 0.15) is 10.6 Å². The van der Waals surface area contributed by atoms with Crippen LogP contribution in [-0.4, -0.2) is 21.0 Å². The van der Waals surface area contributed by atoms with Gasteiger partial charge in [-0.1, -0.05) is 11.3 Å². The lowest BCUT2D eigenvalue weighted by Crippen LogP contribution is -2.07. The monoisotopic (exact) mass is 344 g/mol. The maximum Gasteiger partial charge on any atom is 0.445 e. The Hall–Kier alpha value is -2.82. The Morgan fingerprint density at radius 2 is 1.91 bits per heavy atom. The molecule has 0 fully saturated rings. The third kappa shape index (κ3) is 4.57. The van der Waals surface area contributed by atoms with Gasteiger partial charge in [-0.05, 0) is 23.8 Å². The molecule has 0 spiro atoms. The standard InChI is InChI=1S/C12H7F3N4O3S/c13-12(14,15)10-17-18-11(23-10)16-9(20)6-3-7-1-4-8(5-2-7)19(21)22/h1-6H,(H,16,18,20). The Balaban J connectivity index is 1.99. The van der Waals surface area contributed by atoms with Crippen LogP contribution in [0.3, 0.4) is 0 Å². The summed E-state index contributed by atoms with van der Waals surface area (Å²) in [6.45, 7) is 0. The van der Waals surface area contributed by atoms with Gasteiger partial charge in [-0.3, -0.25) is 20.2 Å². The quantitative estimate of drug-likeness (QED) is 0.522. The van der Waals surface area contributed by atoms with Crippen molar-refractivity contribution >= 4 is 34.1 Å². The van der Waals surface area contributed by atoms with Gasteiger partial charge in [0.05, 0.1) is 4.92 Å². The van der Waals surface area contributed by atoms with E-state index in [1.54, 1.807) is 0 Å². The van der Waals surface area contributed by atoms with E-state index in [0.717, 1.165) is 6.08 Å². The highest BCUT2D eigenvalue weighted by molar-refractivity contribution is 7.15. The minimum absolute atomic E-state index is 0.0971. The lowest BCUT2D eigenvalue weighted by atomic mass is 10.2. The van der Waals surface area contributed by atoms with E-state index in [0.29, 0.717) is 5.56 Å². The minimum Gasteiger partial charge on any atom is -0.297 e. The molecule has 0 saturated carbocycles. The fourth-order valence-corrected chi connectivity index (χ4v) is 2.03. The second kappa shape index (κ2) is 6.52. The number of rotatable bonds is 4. The number of hydrogen-bond donors (Lipinski definition) is 1. The number of anilines is 1. The molecule has 0 bridgehead atoms. The van der Waals surface area contributed by atoms with Crippen molar-refractivity contribution in [2.24, 2.45) is 0 Å². The second-order valence-corrected chi connectivity index (χ2v) is 5.06. The molecule has 2 aromatic rings. The molecule has 2 rings (SSSR count). The summed E-state index contributed by atoms with van der Waals surface area (Å²) in [6, 6.07) is 5.37. The van der Waals surface area contributed by atoms with Crippen molar-refractivity contribution in [3.05, 3.63) is 51.0 Å². The molecule has 0 atom stereocenters. The SMILES string of the molecule is O=C(C=Cc1ccc([N+](=O)[O-])cc1)Nc1nnc(C(F)(F)F)s1. The molecule has 0 radical (unpaired) electrons. The lowest BCUT2D eigenvalue weighted by molar-refractivity contribution is -0.384. The van der Waals surface area contributed by atoms with Gasteiger partial charge in [0, 0.05) is 18.2 Å². The van der Waals surface area contributed by atoms with Crippen LogP contribution in [0.5, 0.6) is 0 Å². The third-order valence-electron chi connectivity index (χ3n) is 2.43. The van der Waals surface area contributed by atoms with Crippen LogP contribution in [0, 0.1) is 10.1 Å². The molecular weight excluding hydrogens is 337 g/mol. The molecule has 120 valence electrons. The molecule has 1 aromatic carbocycles. The maximum absolute atomic E-state index is 12.3. The van der Waals surface area contributed by atoms with Gasteiger partial charge in [-0.15, -0.1) is 10.2 Å². The Morgan fingerprint density at radius 3 is 2.43 bits per heavy atom. The molecule has 0 unspecified atom stereocenters. The molecule has 0 aliphatic rings. The van der Waals surface area contributed by atoms with Gasteiger partial charge < -0.3 is 0 Å². The molecule has 11 heteroatoms. The van der Waals surface area contributed by atoms with E-state index in [1.807, 2.05) is 0 Å². The van der Waals surface area contributed by atoms with E-state index in [-0.39, 0.29) is 22.2 Å². The lowest BCUT2D eigenvalue weighted by Gasteiger charge is -1.98. The fourth-order valence-electron chi connectivity index (χ4n) is 1.41. The summed E-state index contributed by atoms with van der Waals surface area (Å²) >= 11 is 0.207. The van der Waals surface area contributed by atoms with Crippen molar-refractivity contribution in [1.29, 1.82) is 0 Å². The van der Waals surface area contributed by atoms with Crippen LogP contribution in [0.2, 0.25) is 0 Å². The van der Waals surface area contributed by atoms with Crippen LogP contribution in [0.25, 0.3) is 6.08 Å². The van der Waals surface area contributed by atoms with Crippen LogP contribution in [0.4, 0.5) is 24.0 Å². The van der Waals surface area contributed by atoms with Crippen molar-refractivity contribution in [3.8, 4) is 0 Å². The number of non-ortho nitro benzene ring substituents is 1. The average molecular weight is 344 g/mol. The van der Waals surface area contributed by atoms with E-state index in [1.165, 1.54) is 30.3 Å². The van der Waals surface area contributed by atoms with Gasteiger partial charge in [0.15, 0.2) is 0 Å². The molecule has 23 heavy (non-hydrogen) atoms. The number of nitro groups is 1. The number of carbonyl (C=O) groups excluding carboxylic acids is 1. The zero-order valence-corrected chi connectivity index (χ0v) is 11.9. The number of nitro benzene ring substituents is 1. The van der Waals surface area contributed by atoms with Gasteiger partial charge in [0.1, 0.15) is 0 Å². The number of nitrogens with one attached hydrogen (secondary N) is 1. The second-order valence-electron chi connectivity index (χ2n) is 4.08. The van der Waals surface area contributed by atoms with E-state index in [9.17, 15) is 28.1 Å². The van der Waals surface area contributed by atoms with E-state index in [4.69, 9.17) is 0 Å². The van der Waals surface area contributed by atoms with Crippen molar-refractivity contribution in [2.45, 2.75) is 6.18 Å². The molecule has 1 amide bonds. The predicted octanol–water partition coefficient (Wildman–Crippen LogP) is 3.12. The largest absolute Gasteiger partial charge is 0.445 e. The zero-order valence-electron chi connectivity index (χ0n) is 11.1. The summed E-state index contributed by atoms with van der Waals surface area (Å²) in [7, 11) is 0. The fraction of sp³-hybridized carbons (Fsp3) is 0.0833. The van der Waals surface area contributed by atoms with Crippen LogP contribution >= 0.6 is 11.3 Å². The summed E-state index contributed by atoms with van der Waals surface area (Å²) < 4.78 is 37.0. The van der Waals surface area contributed by atoms with Gasteiger partial charge in [0.2, 0.25) is 16.0 Å². The number of nitrogens with zero attached hydrogens (tertiary/aromatic N) is 3. The number of aromatic nitrogens is 2. The van der Waals surface area contributed by atoms with Crippen molar-refractivity contribution in [1.82, 2.24) is 10.2 Å². The van der Waals surface area contributed by atoms with Gasteiger partial charge in [-0.2, -0.15) is 13.2 Å². The summed E-state index contributed by atoms with van der Waals surface area (Å²) in [4.78, 5) is 21.5. The van der Waals surface area contributed by atoms with E-state index >= 15 is 0 Å². The molecule has 0 aliphatic heterocycles. The number of carbonyl (C=O) groups is 1. The molecule has 1 N–H and O–H groups in total. The number of benzene rings is 1. The van der Waals surface area contributed by atoms with Gasteiger partial charge >= 0.3 is 6.18 Å². The summed E-state index contributed by atoms with van der Waals surface area (Å²) in [6.07, 6.45) is -2.20. The summed E-state index contributed by atoms with van der Waals surface area (Å²) in [5, 5.41) is 17.3. The highest BCUT2D eigenvalue weighted by Gasteiger charge is 2.35. The number of alkyl halides is 3. The Labute approximate surface area is 130 Å². The van der Waals surface area contributed by atoms with Crippen LogP contribution in [0.15, 0.2) is 30.3 Å². The first kappa shape index (κ1) is 16.5. The van der Waals surface area contributed by atoms with Crippen molar-refractivity contribution in [2.75, 3.05) is 5.32 Å². The highest BCUT2D eigenvalue weighted by Crippen LogP contribution is 2.32. The highest BCUT2D eigenvalue weighted by atomic mass is 32.1.